The zero-order valence-corrected chi connectivity index (χ0v) is 9.77. The van der Waals surface area contributed by atoms with Crippen molar-refractivity contribution in [3.8, 4) is 0 Å². The highest BCUT2D eigenvalue weighted by molar-refractivity contribution is 7.07. The first-order chi connectivity index (χ1) is 7.28. The second-order valence-electron chi connectivity index (χ2n) is 3.97. The minimum Gasteiger partial charge on any atom is -0.315 e. The first kappa shape index (κ1) is 10.9. The molecule has 0 bridgehead atoms. The first-order valence-corrected chi connectivity index (χ1v) is 6.28. The van der Waals surface area contributed by atoms with Crippen LogP contribution in [0.25, 0.3) is 0 Å². The number of piperazine rings is 1. The quantitative estimate of drug-likeness (QED) is 0.796. The lowest BCUT2D eigenvalue weighted by molar-refractivity contribution is 0.188. The molecule has 1 aliphatic rings. The fourth-order valence-electron chi connectivity index (χ4n) is 1.94. The smallest absolute Gasteiger partial charge is 0.304 e. The summed E-state index contributed by atoms with van der Waals surface area (Å²) in [6.07, 6.45) is 1.16. The van der Waals surface area contributed by atoms with Gasteiger partial charge in [-0.15, -0.1) is 0 Å². The lowest BCUT2D eigenvalue weighted by Gasteiger charge is -2.32. The van der Waals surface area contributed by atoms with Gasteiger partial charge in [0.05, 0.1) is 0 Å². The molecule has 0 amide bonds. The molecule has 1 aliphatic heterocycles. The van der Waals surface area contributed by atoms with E-state index in [2.05, 4.69) is 22.1 Å². The van der Waals surface area contributed by atoms with Crippen molar-refractivity contribution in [2.45, 2.75) is 25.9 Å². The van der Waals surface area contributed by atoms with Crippen molar-refractivity contribution in [2.75, 3.05) is 19.6 Å². The van der Waals surface area contributed by atoms with Gasteiger partial charge >= 0.3 is 4.87 Å². The Balaban J connectivity index is 1.91. The Morgan fingerprint density at radius 1 is 1.67 bits per heavy atom. The van der Waals surface area contributed by atoms with E-state index in [1.54, 1.807) is 0 Å². The molecule has 0 radical (unpaired) electrons. The maximum atomic E-state index is 11.0. The van der Waals surface area contributed by atoms with Crippen molar-refractivity contribution < 1.29 is 0 Å². The molecule has 0 spiro atoms. The number of nitrogens with zero attached hydrogens (tertiary/aromatic N) is 1. The Morgan fingerprint density at radius 3 is 3.20 bits per heavy atom. The van der Waals surface area contributed by atoms with Crippen LogP contribution in [0.2, 0.25) is 0 Å². The molecule has 1 aromatic heterocycles. The van der Waals surface area contributed by atoms with Crippen molar-refractivity contribution in [2.24, 2.45) is 0 Å². The molecule has 1 aromatic rings. The molecule has 1 fully saturated rings. The normalized spacial score (nSPS) is 23.1. The van der Waals surface area contributed by atoms with Gasteiger partial charge in [0.15, 0.2) is 0 Å². The molecule has 1 unspecified atom stereocenters. The topological polar surface area (TPSA) is 48.1 Å². The molecule has 0 saturated carbocycles. The van der Waals surface area contributed by atoms with Gasteiger partial charge in [0.1, 0.15) is 0 Å². The highest BCUT2D eigenvalue weighted by atomic mass is 32.1. The Labute approximate surface area is 93.3 Å². The average molecular weight is 227 g/mol. The SMILES string of the molecule is CCC1CN(Cc2csc(=O)[nH]2)CCN1. The second kappa shape index (κ2) is 4.92. The van der Waals surface area contributed by atoms with E-state index in [-0.39, 0.29) is 4.87 Å². The average Bonchev–Trinajstić information content (AvgIpc) is 2.64. The maximum absolute atomic E-state index is 11.0. The fraction of sp³-hybridized carbons (Fsp3) is 0.700. The van der Waals surface area contributed by atoms with Crippen LogP contribution in [0.3, 0.4) is 0 Å². The number of nitrogens with one attached hydrogen (secondary N) is 2. The molecule has 1 saturated heterocycles. The number of aromatic amines is 1. The van der Waals surface area contributed by atoms with Crippen molar-refractivity contribution in [1.82, 2.24) is 15.2 Å². The molecule has 4 nitrogen and oxygen atoms in total. The summed E-state index contributed by atoms with van der Waals surface area (Å²) in [5, 5.41) is 5.40. The largest absolute Gasteiger partial charge is 0.315 e. The third-order valence-corrected chi connectivity index (χ3v) is 3.52. The molecule has 0 aromatic carbocycles. The van der Waals surface area contributed by atoms with Crippen molar-refractivity contribution >= 4 is 11.3 Å². The number of H-pyrrole nitrogens is 1. The predicted molar refractivity (Wildman–Crippen MR) is 62.3 cm³/mol. The molecule has 2 heterocycles. The summed E-state index contributed by atoms with van der Waals surface area (Å²) in [5.74, 6) is 0. The zero-order chi connectivity index (χ0) is 10.7. The third kappa shape index (κ3) is 2.90. The Hall–Kier alpha value is -0.650. The summed E-state index contributed by atoms with van der Waals surface area (Å²) in [6.45, 7) is 6.26. The molecule has 0 aliphatic carbocycles. The predicted octanol–water partition coefficient (Wildman–Crippen LogP) is 0.620. The standard InChI is InChI=1S/C10H17N3OS/c1-2-8-5-13(4-3-11-8)6-9-7-15-10(14)12-9/h7-8,11H,2-6H2,1H3,(H,12,14). The van der Waals surface area contributed by atoms with Crippen LogP contribution in [0.4, 0.5) is 0 Å². The zero-order valence-electron chi connectivity index (χ0n) is 8.95. The van der Waals surface area contributed by atoms with Crippen molar-refractivity contribution in [3.05, 3.63) is 20.7 Å². The number of hydrogen-bond acceptors (Lipinski definition) is 4. The van der Waals surface area contributed by atoms with E-state index >= 15 is 0 Å². The van der Waals surface area contributed by atoms with Crippen LogP contribution < -0.4 is 10.2 Å². The number of rotatable bonds is 3. The third-order valence-electron chi connectivity index (χ3n) is 2.80. The van der Waals surface area contributed by atoms with Gasteiger partial charge in [-0.25, -0.2) is 0 Å². The van der Waals surface area contributed by atoms with E-state index < -0.39 is 0 Å². The van der Waals surface area contributed by atoms with Crippen LogP contribution in [-0.4, -0.2) is 35.6 Å². The summed E-state index contributed by atoms with van der Waals surface area (Å²) < 4.78 is 0. The van der Waals surface area contributed by atoms with Crippen molar-refractivity contribution in [3.63, 3.8) is 0 Å². The van der Waals surface area contributed by atoms with Crippen LogP contribution >= 0.6 is 11.3 Å². The highest BCUT2D eigenvalue weighted by Gasteiger charge is 2.17. The number of hydrogen-bond donors (Lipinski definition) is 2. The van der Waals surface area contributed by atoms with Gasteiger partial charge in [-0.05, 0) is 6.42 Å². The van der Waals surface area contributed by atoms with E-state index in [0.29, 0.717) is 6.04 Å². The van der Waals surface area contributed by atoms with Crippen LogP contribution in [0.15, 0.2) is 10.2 Å². The molecule has 84 valence electrons. The molecular weight excluding hydrogens is 210 g/mol. The molecule has 5 heteroatoms. The number of aromatic nitrogens is 1. The van der Waals surface area contributed by atoms with E-state index in [9.17, 15) is 4.79 Å². The van der Waals surface area contributed by atoms with Gasteiger partial charge in [-0.3, -0.25) is 9.69 Å². The van der Waals surface area contributed by atoms with E-state index in [0.717, 1.165) is 38.3 Å². The van der Waals surface area contributed by atoms with Crippen molar-refractivity contribution in [1.29, 1.82) is 0 Å². The van der Waals surface area contributed by atoms with E-state index in [1.165, 1.54) is 11.3 Å². The summed E-state index contributed by atoms with van der Waals surface area (Å²) in [4.78, 5) is 16.3. The van der Waals surface area contributed by atoms with Gasteiger partial charge in [0.25, 0.3) is 0 Å². The van der Waals surface area contributed by atoms with Crippen LogP contribution in [0.5, 0.6) is 0 Å². The monoisotopic (exact) mass is 227 g/mol. The Bertz CT molecular complexity index is 360. The van der Waals surface area contributed by atoms with Gasteiger partial charge in [0, 0.05) is 43.3 Å². The molecule has 2 rings (SSSR count). The second-order valence-corrected chi connectivity index (χ2v) is 4.81. The van der Waals surface area contributed by atoms with Crippen LogP contribution in [0.1, 0.15) is 19.0 Å². The van der Waals surface area contributed by atoms with Crippen LogP contribution in [0, 0.1) is 0 Å². The van der Waals surface area contributed by atoms with E-state index in [4.69, 9.17) is 0 Å². The Kier molecular flexibility index (Phi) is 3.56. The fourth-order valence-corrected chi connectivity index (χ4v) is 2.52. The van der Waals surface area contributed by atoms with Crippen LogP contribution in [-0.2, 0) is 6.54 Å². The number of thiazole rings is 1. The van der Waals surface area contributed by atoms with Gasteiger partial charge in [-0.1, -0.05) is 18.3 Å². The lowest BCUT2D eigenvalue weighted by atomic mass is 10.1. The molecule has 2 N–H and O–H groups in total. The van der Waals surface area contributed by atoms with Gasteiger partial charge in [0.2, 0.25) is 0 Å². The summed E-state index contributed by atoms with van der Waals surface area (Å²) in [5.41, 5.74) is 1.04. The summed E-state index contributed by atoms with van der Waals surface area (Å²) in [7, 11) is 0. The summed E-state index contributed by atoms with van der Waals surface area (Å²) >= 11 is 1.25. The lowest BCUT2D eigenvalue weighted by Crippen LogP contribution is -2.49. The highest BCUT2D eigenvalue weighted by Crippen LogP contribution is 2.07. The summed E-state index contributed by atoms with van der Waals surface area (Å²) in [6, 6.07) is 0.601. The van der Waals surface area contributed by atoms with Gasteiger partial charge in [-0.2, -0.15) is 0 Å². The first-order valence-electron chi connectivity index (χ1n) is 5.40. The molecule has 15 heavy (non-hydrogen) atoms. The minimum absolute atomic E-state index is 0.0483. The van der Waals surface area contributed by atoms with E-state index in [1.807, 2.05) is 5.38 Å². The molecule has 1 atom stereocenters. The Morgan fingerprint density at radius 2 is 2.53 bits per heavy atom. The van der Waals surface area contributed by atoms with Gasteiger partial charge < -0.3 is 10.3 Å². The minimum atomic E-state index is 0.0483. The molecular formula is C10H17N3OS. The maximum Gasteiger partial charge on any atom is 0.304 e.